The van der Waals surface area contributed by atoms with Crippen LogP contribution in [0.5, 0.6) is 0 Å². The smallest absolute Gasteiger partial charge is 0.227 e. The van der Waals surface area contributed by atoms with Crippen LogP contribution < -0.4 is 5.32 Å². The summed E-state index contributed by atoms with van der Waals surface area (Å²) in [5.74, 6) is 1.40. The summed E-state index contributed by atoms with van der Waals surface area (Å²) in [5.41, 5.74) is 2.42. The number of amides is 1. The number of benzene rings is 1. The van der Waals surface area contributed by atoms with Crippen LogP contribution >= 0.6 is 0 Å². The molecule has 3 rings (SSSR count). The largest absolute Gasteiger partial charge is 0.353 e. The van der Waals surface area contributed by atoms with Crippen LogP contribution in [0.15, 0.2) is 24.3 Å². The molecule has 0 saturated heterocycles. The quantitative estimate of drug-likeness (QED) is 0.891. The molecule has 1 aromatic heterocycles. The predicted molar refractivity (Wildman–Crippen MR) is 89.1 cm³/mol. The first kappa shape index (κ1) is 15.7. The number of carbonyl (C=O) groups is 1. The molecule has 0 bridgehead atoms. The zero-order valence-electron chi connectivity index (χ0n) is 13.6. The molecular weight excluding hydrogens is 288 g/mol. The molecule has 1 aromatic carbocycles. The molecular formula is C18H24N4O. The highest BCUT2D eigenvalue weighted by Crippen LogP contribution is 2.17. The zero-order valence-corrected chi connectivity index (χ0v) is 13.6. The first-order valence-electron chi connectivity index (χ1n) is 8.44. The van der Waals surface area contributed by atoms with Crippen molar-refractivity contribution in [1.82, 2.24) is 20.5 Å². The first-order valence-corrected chi connectivity index (χ1v) is 8.44. The van der Waals surface area contributed by atoms with Gasteiger partial charge < -0.3 is 5.32 Å². The van der Waals surface area contributed by atoms with Crippen LogP contribution in [0.4, 0.5) is 0 Å². The van der Waals surface area contributed by atoms with Gasteiger partial charge in [0.25, 0.3) is 0 Å². The van der Waals surface area contributed by atoms with Gasteiger partial charge in [-0.15, -0.1) is 0 Å². The van der Waals surface area contributed by atoms with E-state index in [2.05, 4.69) is 45.6 Å². The first-order chi connectivity index (χ1) is 11.2. The average Bonchev–Trinajstić information content (AvgIpc) is 2.95. The maximum absolute atomic E-state index is 12.1. The van der Waals surface area contributed by atoms with E-state index in [0.717, 1.165) is 18.7 Å². The molecule has 0 unspecified atom stereocenters. The Labute approximate surface area is 136 Å². The van der Waals surface area contributed by atoms with E-state index in [0.29, 0.717) is 18.3 Å². The summed E-state index contributed by atoms with van der Waals surface area (Å²) in [6.07, 6.45) is 6.87. The normalized spacial score (nSPS) is 15.5. The highest BCUT2D eigenvalue weighted by atomic mass is 16.1. The summed E-state index contributed by atoms with van der Waals surface area (Å²) in [6, 6.07) is 8.66. The van der Waals surface area contributed by atoms with E-state index in [1.54, 1.807) is 0 Å². The molecule has 0 spiro atoms. The van der Waals surface area contributed by atoms with Crippen molar-refractivity contribution >= 4 is 5.91 Å². The number of H-pyrrole nitrogens is 1. The van der Waals surface area contributed by atoms with E-state index in [1.807, 2.05) is 6.07 Å². The van der Waals surface area contributed by atoms with Gasteiger partial charge in [-0.05, 0) is 25.3 Å². The Morgan fingerprint density at radius 2 is 2.13 bits per heavy atom. The lowest BCUT2D eigenvalue weighted by atomic mass is 9.95. The number of aromatic nitrogens is 3. The number of nitrogens with one attached hydrogen (secondary N) is 2. The monoisotopic (exact) mass is 312 g/mol. The van der Waals surface area contributed by atoms with Gasteiger partial charge in [-0.3, -0.25) is 9.89 Å². The molecule has 1 saturated carbocycles. The van der Waals surface area contributed by atoms with Gasteiger partial charge in [-0.25, -0.2) is 4.98 Å². The van der Waals surface area contributed by atoms with E-state index in [9.17, 15) is 4.79 Å². The maximum atomic E-state index is 12.1. The van der Waals surface area contributed by atoms with E-state index in [4.69, 9.17) is 0 Å². The minimum absolute atomic E-state index is 0.0259. The van der Waals surface area contributed by atoms with Crippen molar-refractivity contribution in [2.75, 3.05) is 0 Å². The second-order valence-electron chi connectivity index (χ2n) is 6.44. The predicted octanol–water partition coefficient (Wildman–Crippen LogP) is 2.70. The number of carbonyl (C=O) groups excluding carboxylic acids is 1. The molecule has 2 N–H and O–H groups in total. The fraction of sp³-hybridized carbons (Fsp3) is 0.500. The molecule has 2 aromatic rings. The summed E-state index contributed by atoms with van der Waals surface area (Å²) in [6.45, 7) is 2.07. The van der Waals surface area contributed by atoms with E-state index < -0.39 is 0 Å². The molecule has 0 aliphatic heterocycles. The Hall–Kier alpha value is -2.17. The molecule has 5 heteroatoms. The average molecular weight is 312 g/mol. The second kappa shape index (κ2) is 7.40. The SMILES string of the molecule is Cc1cccc(Cc2nc(CC(=O)NC3CCCCC3)n[nH]2)c1. The van der Waals surface area contributed by atoms with Gasteiger partial charge in [-0.2, -0.15) is 5.10 Å². The zero-order chi connectivity index (χ0) is 16.1. The topological polar surface area (TPSA) is 70.7 Å². The Morgan fingerprint density at radius 1 is 1.30 bits per heavy atom. The molecule has 1 amide bonds. The highest BCUT2D eigenvalue weighted by molar-refractivity contribution is 5.78. The number of hydrogen-bond acceptors (Lipinski definition) is 3. The van der Waals surface area contributed by atoms with Crippen molar-refractivity contribution in [3.63, 3.8) is 0 Å². The summed E-state index contributed by atoms with van der Waals surface area (Å²) >= 11 is 0. The molecule has 5 nitrogen and oxygen atoms in total. The van der Waals surface area contributed by atoms with Gasteiger partial charge in [0.05, 0.1) is 6.42 Å². The van der Waals surface area contributed by atoms with E-state index in [-0.39, 0.29) is 12.3 Å². The van der Waals surface area contributed by atoms with Crippen LogP contribution in [-0.4, -0.2) is 27.1 Å². The second-order valence-corrected chi connectivity index (χ2v) is 6.44. The van der Waals surface area contributed by atoms with Gasteiger partial charge in [-0.1, -0.05) is 49.1 Å². The number of aromatic amines is 1. The van der Waals surface area contributed by atoms with Crippen LogP contribution in [0.3, 0.4) is 0 Å². The van der Waals surface area contributed by atoms with Crippen molar-refractivity contribution < 1.29 is 4.79 Å². The molecule has 1 fully saturated rings. The van der Waals surface area contributed by atoms with Gasteiger partial charge in [0.2, 0.25) is 5.91 Å². The number of aryl methyl sites for hydroxylation is 1. The van der Waals surface area contributed by atoms with Crippen molar-refractivity contribution in [2.24, 2.45) is 0 Å². The van der Waals surface area contributed by atoms with Gasteiger partial charge in [0.1, 0.15) is 5.82 Å². The van der Waals surface area contributed by atoms with E-state index in [1.165, 1.54) is 30.4 Å². The van der Waals surface area contributed by atoms with E-state index >= 15 is 0 Å². The van der Waals surface area contributed by atoms with Gasteiger partial charge >= 0.3 is 0 Å². The molecule has 122 valence electrons. The summed E-state index contributed by atoms with van der Waals surface area (Å²) in [7, 11) is 0. The third-order valence-corrected chi connectivity index (χ3v) is 4.32. The Morgan fingerprint density at radius 3 is 2.91 bits per heavy atom. The molecule has 1 aliphatic rings. The summed E-state index contributed by atoms with van der Waals surface area (Å²) < 4.78 is 0. The highest BCUT2D eigenvalue weighted by Gasteiger charge is 2.17. The molecule has 23 heavy (non-hydrogen) atoms. The van der Waals surface area contributed by atoms with Crippen LogP contribution in [0.25, 0.3) is 0 Å². The number of nitrogens with zero attached hydrogens (tertiary/aromatic N) is 2. The maximum Gasteiger partial charge on any atom is 0.227 e. The Balaban J connectivity index is 1.53. The number of hydrogen-bond donors (Lipinski definition) is 2. The fourth-order valence-corrected chi connectivity index (χ4v) is 3.18. The lowest BCUT2D eigenvalue weighted by Gasteiger charge is -2.22. The van der Waals surface area contributed by atoms with Crippen LogP contribution in [-0.2, 0) is 17.6 Å². The summed E-state index contributed by atoms with van der Waals surface area (Å²) in [5, 5.41) is 10.2. The Bertz CT molecular complexity index is 659. The summed E-state index contributed by atoms with van der Waals surface area (Å²) in [4.78, 5) is 16.5. The molecule has 0 radical (unpaired) electrons. The van der Waals surface area contributed by atoms with Crippen LogP contribution in [0.2, 0.25) is 0 Å². The van der Waals surface area contributed by atoms with Crippen LogP contribution in [0.1, 0.15) is 54.9 Å². The minimum Gasteiger partial charge on any atom is -0.353 e. The molecule has 1 heterocycles. The van der Waals surface area contributed by atoms with Gasteiger partial charge in [0, 0.05) is 12.5 Å². The standard InChI is InChI=1S/C18H24N4O/c1-13-6-5-7-14(10-13)11-16-20-17(22-21-16)12-18(23)19-15-8-3-2-4-9-15/h5-7,10,15H,2-4,8-9,11-12H2,1H3,(H,19,23)(H,20,21,22). The third-order valence-electron chi connectivity index (χ3n) is 4.32. The Kier molecular flexibility index (Phi) is 5.05. The van der Waals surface area contributed by atoms with Gasteiger partial charge in [0.15, 0.2) is 5.82 Å². The molecule has 1 aliphatic carbocycles. The lowest BCUT2D eigenvalue weighted by molar-refractivity contribution is -0.121. The lowest BCUT2D eigenvalue weighted by Crippen LogP contribution is -2.37. The number of rotatable bonds is 5. The van der Waals surface area contributed by atoms with Crippen molar-refractivity contribution in [1.29, 1.82) is 0 Å². The molecule has 0 atom stereocenters. The van der Waals surface area contributed by atoms with Crippen molar-refractivity contribution in [3.8, 4) is 0 Å². The van der Waals surface area contributed by atoms with Crippen molar-refractivity contribution in [3.05, 3.63) is 47.0 Å². The van der Waals surface area contributed by atoms with Crippen LogP contribution in [0, 0.1) is 6.92 Å². The van der Waals surface area contributed by atoms with Crippen molar-refractivity contribution in [2.45, 2.75) is 57.9 Å². The fourth-order valence-electron chi connectivity index (χ4n) is 3.18. The minimum atomic E-state index is 0.0259. The third kappa shape index (κ3) is 4.65.